The molecule has 1 aromatic rings. The average Bonchev–Trinajstić information content (AvgIpc) is 2.92. The van der Waals surface area contributed by atoms with Crippen LogP contribution < -0.4 is 10.6 Å². The Kier molecular flexibility index (Phi) is 2.84. The molecule has 4 nitrogen and oxygen atoms in total. The highest BCUT2D eigenvalue weighted by Gasteiger charge is 2.37. The van der Waals surface area contributed by atoms with E-state index in [1.54, 1.807) is 0 Å². The Bertz CT molecular complexity index is 419. The first-order valence-electron chi connectivity index (χ1n) is 5.30. The van der Waals surface area contributed by atoms with Gasteiger partial charge in [-0.05, 0) is 12.3 Å². The van der Waals surface area contributed by atoms with Crippen LogP contribution in [0.2, 0.25) is 0 Å². The van der Waals surface area contributed by atoms with Crippen LogP contribution in [0.15, 0.2) is 6.07 Å². The number of hydrogen-bond donors (Lipinski definition) is 2. The smallest absolute Gasteiger partial charge is 0.373 e. The second kappa shape index (κ2) is 4.05. The Hall–Kier alpha value is -1.53. The summed E-state index contributed by atoms with van der Waals surface area (Å²) in [6.07, 6.45) is -3.57. The first-order valence-corrected chi connectivity index (χ1v) is 5.30. The number of rotatable bonds is 3. The minimum absolute atomic E-state index is 0.156. The molecule has 2 rings (SSSR count). The van der Waals surface area contributed by atoms with Gasteiger partial charge >= 0.3 is 6.18 Å². The van der Waals surface area contributed by atoms with Gasteiger partial charge in [0.15, 0.2) is 0 Å². The van der Waals surface area contributed by atoms with Crippen LogP contribution in [-0.2, 0) is 6.18 Å². The van der Waals surface area contributed by atoms with Gasteiger partial charge in [0.05, 0.1) is 0 Å². The summed E-state index contributed by atoms with van der Waals surface area (Å²) in [6.45, 7) is 2.03. The fourth-order valence-corrected chi connectivity index (χ4v) is 1.49. The van der Waals surface area contributed by atoms with Gasteiger partial charge in [0.1, 0.15) is 11.6 Å². The van der Waals surface area contributed by atoms with E-state index >= 15 is 0 Å². The highest BCUT2D eigenvalue weighted by molar-refractivity contribution is 5.48. The standard InChI is InChI=1S/C10H13F3N4/c1-5-3-6(5)15-8-4-7(14-2)16-9(17-8)10(11,12)13/h4-6H,3H2,1-2H3,(H2,14,15,16,17). The van der Waals surface area contributed by atoms with E-state index in [0.717, 1.165) is 6.42 Å². The Labute approximate surface area is 96.7 Å². The first kappa shape index (κ1) is 11.9. The second-order valence-corrected chi connectivity index (χ2v) is 4.17. The summed E-state index contributed by atoms with van der Waals surface area (Å²) in [6, 6.07) is 1.69. The second-order valence-electron chi connectivity index (χ2n) is 4.17. The molecule has 0 aliphatic heterocycles. The maximum absolute atomic E-state index is 12.5. The summed E-state index contributed by atoms with van der Waals surface area (Å²) < 4.78 is 37.6. The molecule has 2 unspecified atom stereocenters. The van der Waals surface area contributed by atoms with Crippen LogP contribution in [0.3, 0.4) is 0 Å². The van der Waals surface area contributed by atoms with Crippen molar-refractivity contribution in [1.29, 1.82) is 0 Å². The topological polar surface area (TPSA) is 49.8 Å². The van der Waals surface area contributed by atoms with E-state index in [4.69, 9.17) is 0 Å². The van der Waals surface area contributed by atoms with Crippen molar-refractivity contribution in [3.05, 3.63) is 11.9 Å². The third kappa shape index (κ3) is 2.78. The summed E-state index contributed by atoms with van der Waals surface area (Å²) in [5.41, 5.74) is 0. The van der Waals surface area contributed by atoms with Crippen LogP contribution in [0, 0.1) is 5.92 Å². The molecule has 94 valence electrons. The van der Waals surface area contributed by atoms with Crippen LogP contribution in [-0.4, -0.2) is 23.1 Å². The number of alkyl halides is 3. The minimum atomic E-state index is -4.53. The molecule has 1 heterocycles. The Morgan fingerprint density at radius 1 is 1.29 bits per heavy atom. The van der Waals surface area contributed by atoms with E-state index in [-0.39, 0.29) is 17.7 Å². The zero-order chi connectivity index (χ0) is 12.6. The number of nitrogens with one attached hydrogen (secondary N) is 2. The van der Waals surface area contributed by atoms with Crippen molar-refractivity contribution in [3.63, 3.8) is 0 Å². The predicted octanol–water partition coefficient (Wildman–Crippen LogP) is 2.36. The van der Waals surface area contributed by atoms with E-state index in [9.17, 15) is 13.2 Å². The summed E-state index contributed by atoms with van der Waals surface area (Å²) in [7, 11) is 1.52. The maximum Gasteiger partial charge on any atom is 0.451 e. The zero-order valence-corrected chi connectivity index (χ0v) is 9.47. The molecule has 1 aliphatic rings. The largest absolute Gasteiger partial charge is 0.451 e. The molecular formula is C10H13F3N4. The monoisotopic (exact) mass is 246 g/mol. The maximum atomic E-state index is 12.5. The number of anilines is 2. The SMILES string of the molecule is CNc1cc(NC2CC2C)nc(C(F)(F)F)n1. The molecule has 1 aromatic heterocycles. The summed E-state index contributed by atoms with van der Waals surface area (Å²) >= 11 is 0. The lowest BCUT2D eigenvalue weighted by Crippen LogP contribution is -2.15. The van der Waals surface area contributed by atoms with Crippen molar-refractivity contribution in [2.24, 2.45) is 5.92 Å². The van der Waals surface area contributed by atoms with Gasteiger partial charge in [0.25, 0.3) is 0 Å². The fourth-order valence-electron chi connectivity index (χ4n) is 1.49. The summed E-state index contributed by atoms with van der Waals surface area (Å²) in [4.78, 5) is 6.86. The van der Waals surface area contributed by atoms with Crippen LogP contribution in [0.1, 0.15) is 19.2 Å². The van der Waals surface area contributed by atoms with Crippen LogP contribution in [0.25, 0.3) is 0 Å². The van der Waals surface area contributed by atoms with Gasteiger partial charge in [-0.15, -0.1) is 0 Å². The third-order valence-corrected chi connectivity index (χ3v) is 2.68. The lowest BCUT2D eigenvalue weighted by Gasteiger charge is -2.11. The normalized spacial score (nSPS) is 23.4. The van der Waals surface area contributed by atoms with Gasteiger partial charge in [0, 0.05) is 19.2 Å². The van der Waals surface area contributed by atoms with E-state index in [2.05, 4.69) is 20.6 Å². The lowest BCUT2D eigenvalue weighted by molar-refractivity contribution is -0.144. The van der Waals surface area contributed by atoms with E-state index in [0.29, 0.717) is 5.92 Å². The first-order chi connectivity index (χ1) is 7.90. The number of hydrogen-bond acceptors (Lipinski definition) is 4. The molecule has 0 spiro atoms. The number of halogens is 3. The van der Waals surface area contributed by atoms with E-state index < -0.39 is 12.0 Å². The van der Waals surface area contributed by atoms with Crippen molar-refractivity contribution in [1.82, 2.24) is 9.97 Å². The molecule has 0 amide bonds. The molecule has 1 saturated carbocycles. The Balaban J connectivity index is 2.25. The van der Waals surface area contributed by atoms with Gasteiger partial charge in [-0.3, -0.25) is 0 Å². The molecule has 0 saturated heterocycles. The molecule has 7 heteroatoms. The van der Waals surface area contributed by atoms with Crippen LogP contribution in [0.4, 0.5) is 24.8 Å². The van der Waals surface area contributed by atoms with Crippen molar-refractivity contribution >= 4 is 11.6 Å². The molecule has 17 heavy (non-hydrogen) atoms. The minimum Gasteiger partial charge on any atom is -0.373 e. The molecule has 2 N–H and O–H groups in total. The summed E-state index contributed by atoms with van der Waals surface area (Å²) in [5, 5.41) is 5.56. The Morgan fingerprint density at radius 3 is 2.35 bits per heavy atom. The Morgan fingerprint density at radius 2 is 1.88 bits per heavy atom. The zero-order valence-electron chi connectivity index (χ0n) is 9.47. The van der Waals surface area contributed by atoms with Gasteiger partial charge in [-0.2, -0.15) is 13.2 Å². The van der Waals surface area contributed by atoms with E-state index in [1.807, 2.05) is 6.92 Å². The molecule has 0 radical (unpaired) electrons. The van der Waals surface area contributed by atoms with Crippen molar-refractivity contribution in [2.45, 2.75) is 25.6 Å². The molecule has 2 atom stereocenters. The fraction of sp³-hybridized carbons (Fsp3) is 0.600. The molecule has 1 aliphatic carbocycles. The van der Waals surface area contributed by atoms with Crippen molar-refractivity contribution < 1.29 is 13.2 Å². The number of aromatic nitrogens is 2. The van der Waals surface area contributed by atoms with Crippen molar-refractivity contribution in [2.75, 3.05) is 17.7 Å². The molecule has 1 fully saturated rings. The van der Waals surface area contributed by atoms with Crippen molar-refractivity contribution in [3.8, 4) is 0 Å². The molecule has 0 aromatic carbocycles. The van der Waals surface area contributed by atoms with Crippen LogP contribution in [0.5, 0.6) is 0 Å². The van der Waals surface area contributed by atoms with E-state index in [1.165, 1.54) is 13.1 Å². The average molecular weight is 246 g/mol. The van der Waals surface area contributed by atoms with Gasteiger partial charge < -0.3 is 10.6 Å². The predicted molar refractivity (Wildman–Crippen MR) is 57.8 cm³/mol. The highest BCUT2D eigenvalue weighted by Crippen LogP contribution is 2.34. The van der Waals surface area contributed by atoms with Crippen LogP contribution >= 0.6 is 0 Å². The molecular weight excluding hydrogens is 233 g/mol. The van der Waals surface area contributed by atoms with Gasteiger partial charge in [-0.25, -0.2) is 9.97 Å². The van der Waals surface area contributed by atoms with Gasteiger partial charge in [0.2, 0.25) is 5.82 Å². The summed E-state index contributed by atoms with van der Waals surface area (Å²) in [5.74, 6) is -0.272. The number of nitrogens with zero attached hydrogens (tertiary/aromatic N) is 2. The third-order valence-electron chi connectivity index (χ3n) is 2.68. The quantitative estimate of drug-likeness (QED) is 0.859. The lowest BCUT2D eigenvalue weighted by atomic mass is 10.4. The van der Waals surface area contributed by atoms with Gasteiger partial charge in [-0.1, -0.05) is 6.92 Å². The molecule has 0 bridgehead atoms. The highest BCUT2D eigenvalue weighted by atomic mass is 19.4.